The lowest BCUT2D eigenvalue weighted by atomic mass is 10.1. The van der Waals surface area contributed by atoms with Crippen LogP contribution < -0.4 is 9.47 Å². The molecule has 0 atom stereocenters. The molecule has 0 saturated carbocycles. The van der Waals surface area contributed by atoms with Gasteiger partial charge in [-0.05, 0) is 54.8 Å². The summed E-state index contributed by atoms with van der Waals surface area (Å²) < 4.78 is 45.5. The van der Waals surface area contributed by atoms with E-state index in [1.165, 1.54) is 29.8 Å². The fourth-order valence-corrected chi connectivity index (χ4v) is 1.90. The van der Waals surface area contributed by atoms with Crippen molar-refractivity contribution in [3.63, 3.8) is 0 Å². The lowest BCUT2D eigenvalue weighted by Gasteiger charge is -2.10. The number of benzene rings is 2. The summed E-state index contributed by atoms with van der Waals surface area (Å²) in [7, 11) is 0. The van der Waals surface area contributed by atoms with Crippen LogP contribution in [0.2, 0.25) is 0 Å². The Bertz CT molecular complexity index is 574. The maximum atomic E-state index is 12.1. The van der Waals surface area contributed by atoms with Crippen LogP contribution >= 0.6 is 0 Å². The van der Waals surface area contributed by atoms with Crippen molar-refractivity contribution < 1.29 is 22.6 Å². The average Bonchev–Trinajstić information content (AvgIpc) is 2.47. The van der Waals surface area contributed by atoms with Gasteiger partial charge in [-0.3, -0.25) is 0 Å². The Labute approximate surface area is 127 Å². The molecule has 117 valence electrons. The molecule has 0 spiro atoms. The zero-order chi connectivity index (χ0) is 16.0. The van der Waals surface area contributed by atoms with Crippen molar-refractivity contribution in [1.82, 2.24) is 0 Å². The van der Waals surface area contributed by atoms with Crippen molar-refractivity contribution >= 4 is 0 Å². The summed E-state index contributed by atoms with van der Waals surface area (Å²) in [6.45, 7) is 3.80. The summed E-state index contributed by atoms with van der Waals surface area (Å²) in [6, 6.07) is 12.9. The highest BCUT2D eigenvalue weighted by molar-refractivity contribution is 5.36. The van der Waals surface area contributed by atoms with E-state index in [1.807, 2.05) is 24.3 Å². The highest BCUT2D eigenvalue weighted by Gasteiger charge is 2.30. The molecular weight excluding hydrogens is 293 g/mol. The first kappa shape index (κ1) is 16.2. The van der Waals surface area contributed by atoms with Crippen LogP contribution in [0.4, 0.5) is 13.2 Å². The van der Waals surface area contributed by atoms with E-state index in [4.69, 9.17) is 4.74 Å². The first-order valence-electron chi connectivity index (χ1n) is 6.88. The summed E-state index contributed by atoms with van der Waals surface area (Å²) in [5, 5.41) is 0. The Kier molecular flexibility index (Phi) is 5.31. The highest BCUT2D eigenvalue weighted by atomic mass is 19.4. The number of rotatable bonds is 6. The van der Waals surface area contributed by atoms with Crippen molar-refractivity contribution in [2.75, 3.05) is 0 Å². The molecule has 0 aromatic heterocycles. The second kappa shape index (κ2) is 7.20. The molecule has 22 heavy (non-hydrogen) atoms. The predicted octanol–water partition coefficient (Wildman–Crippen LogP) is 5.53. The quantitative estimate of drug-likeness (QED) is 0.698. The Morgan fingerprint density at radius 2 is 1.32 bits per heavy atom. The standard InChI is InChI=1S/C17H16F3O2/c1-2-3-4-13-5-7-14(8-6-13)21-15-9-11-16(12-10-15)22-17(18,19)20/h5-12H,1-4H2. The second-order valence-corrected chi connectivity index (χ2v) is 4.72. The molecule has 0 amide bonds. The number of hydrogen-bond acceptors (Lipinski definition) is 2. The van der Waals surface area contributed by atoms with Gasteiger partial charge in [0.1, 0.15) is 17.2 Å². The maximum Gasteiger partial charge on any atom is 0.573 e. The fourth-order valence-electron chi connectivity index (χ4n) is 1.90. The van der Waals surface area contributed by atoms with Gasteiger partial charge < -0.3 is 9.47 Å². The van der Waals surface area contributed by atoms with Gasteiger partial charge in [0.25, 0.3) is 0 Å². The van der Waals surface area contributed by atoms with Crippen LogP contribution in [0.1, 0.15) is 18.4 Å². The molecule has 5 heteroatoms. The van der Waals surface area contributed by atoms with E-state index in [-0.39, 0.29) is 5.75 Å². The molecule has 0 aliphatic rings. The van der Waals surface area contributed by atoms with Crippen LogP contribution in [0.5, 0.6) is 17.2 Å². The van der Waals surface area contributed by atoms with E-state index in [2.05, 4.69) is 11.7 Å². The Hall–Kier alpha value is -2.17. The van der Waals surface area contributed by atoms with Crippen LogP contribution in [-0.2, 0) is 6.42 Å². The zero-order valence-electron chi connectivity index (χ0n) is 11.9. The van der Waals surface area contributed by atoms with Crippen molar-refractivity contribution in [1.29, 1.82) is 0 Å². The molecule has 2 rings (SSSR count). The van der Waals surface area contributed by atoms with E-state index < -0.39 is 6.36 Å². The third kappa shape index (κ3) is 5.31. The van der Waals surface area contributed by atoms with Crippen LogP contribution in [0.3, 0.4) is 0 Å². The van der Waals surface area contributed by atoms with Crippen molar-refractivity contribution in [2.24, 2.45) is 0 Å². The summed E-state index contributed by atoms with van der Waals surface area (Å²) in [4.78, 5) is 0. The summed E-state index contributed by atoms with van der Waals surface area (Å²) in [5.41, 5.74) is 1.20. The molecule has 2 nitrogen and oxygen atoms in total. The molecule has 2 aromatic rings. The molecule has 0 saturated heterocycles. The van der Waals surface area contributed by atoms with Gasteiger partial charge in [0, 0.05) is 0 Å². The van der Waals surface area contributed by atoms with Gasteiger partial charge in [0.15, 0.2) is 0 Å². The summed E-state index contributed by atoms with van der Waals surface area (Å²) in [5.74, 6) is 0.797. The van der Waals surface area contributed by atoms with Gasteiger partial charge in [-0.25, -0.2) is 0 Å². The number of unbranched alkanes of at least 4 members (excludes halogenated alkanes) is 1. The van der Waals surface area contributed by atoms with E-state index in [0.717, 1.165) is 19.3 Å². The minimum atomic E-state index is -4.69. The minimum Gasteiger partial charge on any atom is -0.457 e. The molecule has 0 aliphatic carbocycles. The van der Waals surface area contributed by atoms with Crippen molar-refractivity contribution in [3.8, 4) is 17.2 Å². The summed E-state index contributed by atoms with van der Waals surface area (Å²) in [6.07, 6.45) is -1.80. The van der Waals surface area contributed by atoms with E-state index in [1.54, 1.807) is 0 Å². The molecule has 0 heterocycles. The Morgan fingerprint density at radius 1 is 0.818 bits per heavy atom. The van der Waals surface area contributed by atoms with Gasteiger partial charge in [0.2, 0.25) is 0 Å². The molecule has 2 aromatic carbocycles. The third-order valence-electron chi connectivity index (χ3n) is 2.93. The molecule has 0 fully saturated rings. The minimum absolute atomic E-state index is 0.275. The molecule has 1 radical (unpaired) electrons. The molecule has 0 unspecified atom stereocenters. The first-order chi connectivity index (χ1) is 10.5. The van der Waals surface area contributed by atoms with Crippen LogP contribution in [0.25, 0.3) is 0 Å². The molecule has 0 bridgehead atoms. The number of ether oxygens (including phenoxy) is 2. The van der Waals surface area contributed by atoms with Crippen LogP contribution in [-0.4, -0.2) is 6.36 Å². The van der Waals surface area contributed by atoms with E-state index in [0.29, 0.717) is 11.5 Å². The average molecular weight is 309 g/mol. The van der Waals surface area contributed by atoms with E-state index >= 15 is 0 Å². The van der Waals surface area contributed by atoms with Crippen molar-refractivity contribution in [2.45, 2.75) is 25.6 Å². The third-order valence-corrected chi connectivity index (χ3v) is 2.93. The second-order valence-electron chi connectivity index (χ2n) is 4.72. The Balaban J connectivity index is 1.95. The largest absolute Gasteiger partial charge is 0.573 e. The molecule has 0 aliphatic heterocycles. The zero-order valence-corrected chi connectivity index (χ0v) is 11.9. The summed E-state index contributed by atoms with van der Waals surface area (Å²) >= 11 is 0. The smallest absolute Gasteiger partial charge is 0.457 e. The Morgan fingerprint density at radius 3 is 1.82 bits per heavy atom. The van der Waals surface area contributed by atoms with Gasteiger partial charge >= 0.3 is 6.36 Å². The van der Waals surface area contributed by atoms with Gasteiger partial charge in [-0.1, -0.05) is 25.5 Å². The van der Waals surface area contributed by atoms with Gasteiger partial charge in [-0.2, -0.15) is 0 Å². The number of alkyl halides is 3. The number of aryl methyl sites for hydroxylation is 1. The van der Waals surface area contributed by atoms with E-state index in [9.17, 15) is 13.2 Å². The highest BCUT2D eigenvalue weighted by Crippen LogP contribution is 2.27. The van der Waals surface area contributed by atoms with Gasteiger partial charge in [0.05, 0.1) is 0 Å². The normalized spacial score (nSPS) is 11.3. The topological polar surface area (TPSA) is 18.5 Å². The van der Waals surface area contributed by atoms with Crippen molar-refractivity contribution in [3.05, 3.63) is 61.0 Å². The molecule has 0 N–H and O–H groups in total. The maximum absolute atomic E-state index is 12.1. The SMILES string of the molecule is [CH2]CCCc1ccc(Oc2ccc(OC(F)(F)F)cc2)cc1. The van der Waals surface area contributed by atoms with Gasteiger partial charge in [-0.15, -0.1) is 13.2 Å². The number of halogens is 3. The van der Waals surface area contributed by atoms with Crippen LogP contribution in [0.15, 0.2) is 48.5 Å². The monoisotopic (exact) mass is 309 g/mol. The lowest BCUT2D eigenvalue weighted by Crippen LogP contribution is -2.16. The lowest BCUT2D eigenvalue weighted by molar-refractivity contribution is -0.274. The molecular formula is C17H16F3O2. The fraction of sp³-hybridized carbons (Fsp3) is 0.235. The predicted molar refractivity (Wildman–Crippen MR) is 77.9 cm³/mol. The van der Waals surface area contributed by atoms with Crippen LogP contribution in [0, 0.1) is 6.92 Å². The number of hydrogen-bond donors (Lipinski definition) is 0. The first-order valence-corrected chi connectivity index (χ1v) is 6.88.